The van der Waals surface area contributed by atoms with E-state index in [0.717, 1.165) is 24.3 Å². The van der Waals surface area contributed by atoms with E-state index in [1.807, 2.05) is 0 Å². The van der Waals surface area contributed by atoms with Crippen LogP contribution in [0.3, 0.4) is 0 Å². The molecule has 0 bridgehead atoms. The first kappa shape index (κ1) is 42.4. The van der Waals surface area contributed by atoms with E-state index in [9.17, 15) is 36.7 Å². The molecule has 14 heteroatoms. The summed E-state index contributed by atoms with van der Waals surface area (Å²) in [6.07, 6.45) is -0.866. The average Bonchev–Trinajstić information content (AvgIpc) is 3.18. The summed E-state index contributed by atoms with van der Waals surface area (Å²) < 4.78 is 66.8. The molecule has 0 spiro atoms. The van der Waals surface area contributed by atoms with Gasteiger partial charge in [-0.1, -0.05) is 24.3 Å². The Morgan fingerprint density at radius 3 is 1.19 bits per heavy atom. The highest BCUT2D eigenvalue weighted by atomic mass is 19.1. The van der Waals surface area contributed by atoms with E-state index in [2.05, 4.69) is 10.6 Å². The molecule has 2 N–H and O–H groups in total. The summed E-state index contributed by atoms with van der Waals surface area (Å²) >= 11 is 0. The minimum absolute atomic E-state index is 0.154. The number of halogens is 4. The molecule has 4 amide bonds. The van der Waals surface area contributed by atoms with E-state index in [1.165, 1.54) is 38.1 Å². The number of methoxy groups -OCH3 is 2. The lowest BCUT2D eigenvalue weighted by Gasteiger charge is -2.25. The number of hydrogen-bond donors (Lipinski definition) is 2. The van der Waals surface area contributed by atoms with E-state index < -0.39 is 59.0 Å². The number of carbonyl (C=O) groups is 4. The number of nitrogens with zero attached hydrogens (tertiary/aromatic N) is 2. The molecule has 10 nitrogen and oxygen atoms in total. The quantitative estimate of drug-likeness (QED) is 0.116. The standard InChI is InChI=1S/C44H42F4N4O6/c1-51(35-8-12-37(57-3)13-9-35)43(55)39(21-29-17-31(45)25-32(46)18-29)49-41(53)23-27-6-5-7-28(16-27)24-42(54)50-40(22-30-19-33(47)26-34(48)20-30)44(56)52(2)36-10-14-38(58-4)15-11-36/h5-20,25-26,39-40H,21-24H2,1-4H3,(H,49,53)(H,50,54)/t39-,40?/m0/s1. The van der Waals surface area contributed by atoms with Gasteiger partial charge in [-0.25, -0.2) is 17.6 Å². The molecule has 0 fully saturated rings. The normalized spacial score (nSPS) is 11.9. The van der Waals surface area contributed by atoms with Crippen molar-refractivity contribution >= 4 is 35.0 Å². The number of anilines is 2. The fraction of sp³-hybridized carbons (Fsp3) is 0.227. The van der Waals surface area contributed by atoms with Gasteiger partial charge in [-0.05, 0) is 95.1 Å². The van der Waals surface area contributed by atoms with E-state index >= 15 is 0 Å². The van der Waals surface area contributed by atoms with Crippen molar-refractivity contribution in [1.82, 2.24) is 10.6 Å². The van der Waals surface area contributed by atoms with Crippen LogP contribution in [-0.2, 0) is 44.9 Å². The van der Waals surface area contributed by atoms with E-state index in [4.69, 9.17) is 9.47 Å². The van der Waals surface area contributed by atoms with Crippen LogP contribution in [0.15, 0.2) is 109 Å². The van der Waals surface area contributed by atoms with Gasteiger partial charge in [0, 0.05) is 50.4 Å². The SMILES string of the molecule is COc1ccc(N(C)C(=O)C(Cc2cc(F)cc(F)c2)NC(=O)Cc2cccc(CC(=O)N[C@@H](Cc3cc(F)cc(F)c3)C(=O)N(C)c3ccc(OC)cc3)c2)cc1. The Bertz CT molecular complexity index is 2060. The lowest BCUT2D eigenvalue weighted by atomic mass is 10.0. The van der Waals surface area contributed by atoms with E-state index in [-0.39, 0.29) is 36.8 Å². The molecular weight excluding hydrogens is 756 g/mol. The Hall–Kier alpha value is -6.70. The smallest absolute Gasteiger partial charge is 0.249 e. The molecule has 0 saturated carbocycles. The highest BCUT2D eigenvalue weighted by Crippen LogP contribution is 2.22. The lowest BCUT2D eigenvalue weighted by Crippen LogP contribution is -2.49. The van der Waals surface area contributed by atoms with Gasteiger partial charge in [0.05, 0.1) is 27.1 Å². The summed E-state index contributed by atoms with van der Waals surface area (Å²) in [6.45, 7) is 0. The maximum absolute atomic E-state index is 14.1. The summed E-state index contributed by atoms with van der Waals surface area (Å²) in [4.78, 5) is 57.0. The molecule has 302 valence electrons. The lowest BCUT2D eigenvalue weighted by molar-refractivity contribution is -0.127. The first-order valence-corrected chi connectivity index (χ1v) is 18.1. The molecule has 0 saturated heterocycles. The number of amides is 4. The third-order valence-corrected chi connectivity index (χ3v) is 9.29. The Morgan fingerprint density at radius 1 is 0.517 bits per heavy atom. The molecule has 0 aliphatic heterocycles. The van der Waals surface area contributed by atoms with Crippen LogP contribution in [0, 0.1) is 23.3 Å². The number of hydrogen-bond acceptors (Lipinski definition) is 6. The third kappa shape index (κ3) is 11.7. The number of benzene rings is 5. The highest BCUT2D eigenvalue weighted by Gasteiger charge is 2.28. The van der Waals surface area contributed by atoms with Gasteiger partial charge >= 0.3 is 0 Å². The van der Waals surface area contributed by atoms with Crippen molar-refractivity contribution in [2.45, 2.75) is 37.8 Å². The van der Waals surface area contributed by atoms with Gasteiger partial charge in [0.25, 0.3) is 0 Å². The van der Waals surface area contributed by atoms with Crippen molar-refractivity contribution in [2.24, 2.45) is 0 Å². The fourth-order valence-electron chi connectivity index (χ4n) is 6.37. The molecule has 0 aromatic heterocycles. The van der Waals surface area contributed by atoms with Crippen LogP contribution in [0.5, 0.6) is 11.5 Å². The molecule has 0 heterocycles. The van der Waals surface area contributed by atoms with E-state index in [0.29, 0.717) is 46.1 Å². The van der Waals surface area contributed by atoms with Gasteiger partial charge in [-0.2, -0.15) is 0 Å². The maximum atomic E-state index is 14.1. The largest absolute Gasteiger partial charge is 0.497 e. The molecule has 0 aliphatic carbocycles. The number of carbonyl (C=O) groups excluding carboxylic acids is 4. The van der Waals surface area contributed by atoms with Crippen LogP contribution >= 0.6 is 0 Å². The van der Waals surface area contributed by atoms with Crippen molar-refractivity contribution < 1.29 is 46.2 Å². The second-order valence-corrected chi connectivity index (χ2v) is 13.6. The zero-order valence-electron chi connectivity index (χ0n) is 32.2. The summed E-state index contributed by atoms with van der Waals surface area (Å²) in [5.74, 6) is -4.44. The van der Waals surface area contributed by atoms with Crippen molar-refractivity contribution in [1.29, 1.82) is 0 Å². The maximum Gasteiger partial charge on any atom is 0.249 e. The zero-order chi connectivity index (χ0) is 41.9. The van der Waals surface area contributed by atoms with Gasteiger partial charge in [-0.15, -0.1) is 0 Å². The summed E-state index contributed by atoms with van der Waals surface area (Å²) in [7, 11) is 6.02. The molecule has 5 aromatic carbocycles. The highest BCUT2D eigenvalue weighted by molar-refractivity contribution is 6.00. The van der Waals surface area contributed by atoms with Crippen molar-refractivity contribution in [2.75, 3.05) is 38.1 Å². The molecule has 0 radical (unpaired) electrons. The van der Waals surface area contributed by atoms with E-state index in [1.54, 1.807) is 72.8 Å². The minimum Gasteiger partial charge on any atom is -0.497 e. The van der Waals surface area contributed by atoms with Gasteiger partial charge in [0.2, 0.25) is 23.6 Å². The van der Waals surface area contributed by atoms with Crippen LogP contribution in [0.4, 0.5) is 28.9 Å². The van der Waals surface area contributed by atoms with Crippen molar-refractivity contribution in [3.8, 4) is 11.5 Å². The molecular formula is C44H42F4N4O6. The summed E-state index contributed by atoms with van der Waals surface area (Å²) in [5.41, 5.74) is 2.25. The molecule has 0 aliphatic rings. The number of ether oxygens (including phenoxy) is 2. The first-order chi connectivity index (χ1) is 27.7. The Kier molecular flexibility index (Phi) is 14.2. The fourth-order valence-corrected chi connectivity index (χ4v) is 6.37. The van der Waals surface area contributed by atoms with Gasteiger partial charge in [-0.3, -0.25) is 19.2 Å². The predicted octanol–water partition coefficient (Wildman–Crippen LogP) is 6.13. The molecule has 5 aromatic rings. The Labute approximate surface area is 333 Å². The number of rotatable bonds is 16. The second-order valence-electron chi connectivity index (χ2n) is 13.6. The molecule has 58 heavy (non-hydrogen) atoms. The summed E-state index contributed by atoms with van der Waals surface area (Å²) in [6, 6.07) is 23.1. The Balaban J connectivity index is 1.30. The molecule has 5 rings (SSSR count). The third-order valence-electron chi connectivity index (χ3n) is 9.29. The zero-order valence-corrected chi connectivity index (χ0v) is 32.2. The van der Waals surface area contributed by atoms with Gasteiger partial charge in [0.1, 0.15) is 46.9 Å². The van der Waals surface area contributed by atoms with Crippen LogP contribution < -0.4 is 29.9 Å². The monoisotopic (exact) mass is 798 g/mol. The van der Waals surface area contributed by atoms with Crippen molar-refractivity contribution in [3.63, 3.8) is 0 Å². The van der Waals surface area contributed by atoms with Crippen LogP contribution in [0.1, 0.15) is 22.3 Å². The predicted molar refractivity (Wildman–Crippen MR) is 211 cm³/mol. The van der Waals surface area contributed by atoms with Gasteiger partial charge < -0.3 is 29.9 Å². The van der Waals surface area contributed by atoms with Crippen LogP contribution in [0.2, 0.25) is 0 Å². The molecule has 2 atom stereocenters. The molecule has 1 unspecified atom stereocenters. The average molecular weight is 799 g/mol. The second kappa shape index (κ2) is 19.4. The topological polar surface area (TPSA) is 117 Å². The number of nitrogens with one attached hydrogen (secondary N) is 2. The van der Waals surface area contributed by atoms with Crippen LogP contribution in [-0.4, -0.2) is 64.0 Å². The minimum atomic E-state index is -1.22. The van der Waals surface area contributed by atoms with Gasteiger partial charge in [0.15, 0.2) is 0 Å². The van der Waals surface area contributed by atoms with Crippen LogP contribution in [0.25, 0.3) is 0 Å². The summed E-state index contributed by atoms with van der Waals surface area (Å²) in [5, 5.41) is 5.41. The Morgan fingerprint density at radius 2 is 0.862 bits per heavy atom. The van der Waals surface area contributed by atoms with Crippen molar-refractivity contribution in [3.05, 3.63) is 155 Å². The number of likely N-dealkylation sites (N-methyl/N-ethyl adjacent to an activating group) is 2. The first-order valence-electron chi connectivity index (χ1n) is 18.1.